The smallest absolute Gasteiger partial charge is 0.265 e. The van der Waals surface area contributed by atoms with Gasteiger partial charge in [-0.25, -0.2) is 8.42 Å². The predicted molar refractivity (Wildman–Crippen MR) is 68.6 cm³/mol. The first kappa shape index (κ1) is 11.8. The minimum atomic E-state index is -3.27. The van der Waals surface area contributed by atoms with Crippen molar-refractivity contribution in [2.75, 3.05) is 10.4 Å². The van der Waals surface area contributed by atoms with Gasteiger partial charge in [0, 0.05) is 10.7 Å². The van der Waals surface area contributed by atoms with E-state index in [0.29, 0.717) is 10.2 Å². The summed E-state index contributed by atoms with van der Waals surface area (Å²) in [6, 6.07) is 5.34. The van der Waals surface area contributed by atoms with Gasteiger partial charge in [-0.3, -0.25) is 0 Å². The first-order chi connectivity index (χ1) is 7.46. The summed E-state index contributed by atoms with van der Waals surface area (Å²) in [5.74, 6) is 0. The highest BCUT2D eigenvalue weighted by Gasteiger charge is 2.21. The molecule has 0 saturated carbocycles. The Labute approximate surface area is 103 Å². The number of rotatable bonds is 1. The molecule has 4 nitrogen and oxygen atoms in total. The van der Waals surface area contributed by atoms with Gasteiger partial charge in [-0.05, 0) is 30.7 Å². The molecule has 0 fully saturated rings. The van der Waals surface area contributed by atoms with E-state index in [1.807, 2.05) is 6.92 Å². The summed E-state index contributed by atoms with van der Waals surface area (Å²) < 4.78 is 25.8. The van der Waals surface area contributed by atoms with Crippen LogP contribution in [0.1, 0.15) is 5.56 Å². The van der Waals surface area contributed by atoms with Gasteiger partial charge in [-0.15, -0.1) is 4.40 Å². The number of anilines is 1. The van der Waals surface area contributed by atoms with Gasteiger partial charge in [0.15, 0.2) is 5.17 Å². The number of amidine groups is 1. The predicted octanol–water partition coefficient (Wildman–Crippen LogP) is 2.45. The van der Waals surface area contributed by atoms with Crippen LogP contribution < -0.4 is 5.32 Å². The first-order valence-corrected chi connectivity index (χ1v) is 7.42. The van der Waals surface area contributed by atoms with Crippen LogP contribution in [0.4, 0.5) is 5.69 Å². The fraction of sp³-hybridized carbons (Fsp3) is 0.222. The van der Waals surface area contributed by atoms with Crippen molar-refractivity contribution in [3.05, 3.63) is 28.8 Å². The maximum atomic E-state index is 11.1. The van der Waals surface area contributed by atoms with E-state index < -0.39 is 10.0 Å². The van der Waals surface area contributed by atoms with Crippen molar-refractivity contribution in [2.45, 2.75) is 6.92 Å². The SMILES string of the molecule is Cc1cc(Cl)ccc1NC1=NS(=O)(=O)CS1. The number of nitrogens with zero attached hydrogens (tertiary/aromatic N) is 1. The Morgan fingerprint density at radius 1 is 1.50 bits per heavy atom. The molecule has 86 valence electrons. The van der Waals surface area contributed by atoms with Crippen LogP contribution in [-0.2, 0) is 10.0 Å². The lowest BCUT2D eigenvalue weighted by molar-refractivity contribution is 0.603. The highest BCUT2D eigenvalue weighted by molar-refractivity contribution is 8.24. The van der Waals surface area contributed by atoms with E-state index in [2.05, 4.69) is 9.71 Å². The molecule has 0 atom stereocenters. The number of benzene rings is 1. The molecule has 0 spiro atoms. The molecular formula is C9H9ClN2O2S2. The number of aryl methyl sites for hydroxylation is 1. The van der Waals surface area contributed by atoms with Gasteiger partial charge >= 0.3 is 0 Å². The zero-order valence-corrected chi connectivity index (χ0v) is 10.8. The summed E-state index contributed by atoms with van der Waals surface area (Å²) in [7, 11) is -3.27. The van der Waals surface area contributed by atoms with Crippen molar-refractivity contribution < 1.29 is 8.42 Å². The van der Waals surface area contributed by atoms with Crippen LogP contribution >= 0.6 is 23.4 Å². The van der Waals surface area contributed by atoms with E-state index >= 15 is 0 Å². The fourth-order valence-corrected chi connectivity index (χ4v) is 3.76. The third-order valence-electron chi connectivity index (χ3n) is 2.00. The molecule has 0 unspecified atom stereocenters. The molecule has 0 saturated heterocycles. The van der Waals surface area contributed by atoms with Gasteiger partial charge in [0.1, 0.15) is 5.08 Å². The Morgan fingerprint density at radius 3 is 2.81 bits per heavy atom. The summed E-state index contributed by atoms with van der Waals surface area (Å²) in [5.41, 5.74) is 1.76. The van der Waals surface area contributed by atoms with E-state index in [0.717, 1.165) is 11.3 Å². The van der Waals surface area contributed by atoms with Crippen molar-refractivity contribution in [3.8, 4) is 0 Å². The Bertz CT molecular complexity index is 555. The zero-order chi connectivity index (χ0) is 11.8. The van der Waals surface area contributed by atoms with Crippen LogP contribution in [-0.4, -0.2) is 18.7 Å². The molecule has 0 aliphatic carbocycles. The molecule has 1 aromatic rings. The van der Waals surface area contributed by atoms with Crippen LogP contribution in [0.3, 0.4) is 0 Å². The molecule has 1 aliphatic rings. The van der Waals surface area contributed by atoms with Crippen molar-refractivity contribution in [1.82, 2.24) is 0 Å². The molecule has 0 aromatic heterocycles. The summed E-state index contributed by atoms with van der Waals surface area (Å²) in [5, 5.41) is 4.03. The van der Waals surface area contributed by atoms with Crippen LogP contribution in [0, 0.1) is 6.92 Å². The van der Waals surface area contributed by atoms with Crippen LogP contribution in [0.2, 0.25) is 5.02 Å². The highest BCUT2D eigenvalue weighted by atomic mass is 35.5. The minimum absolute atomic E-state index is 0.00196. The summed E-state index contributed by atoms with van der Waals surface area (Å²) in [6.45, 7) is 1.89. The van der Waals surface area contributed by atoms with Gasteiger partial charge in [0.2, 0.25) is 0 Å². The number of sulfonamides is 1. The second-order valence-electron chi connectivity index (χ2n) is 3.32. The van der Waals surface area contributed by atoms with Crippen LogP contribution in [0.5, 0.6) is 0 Å². The number of halogens is 1. The molecule has 1 N–H and O–H groups in total. The molecular weight excluding hydrogens is 268 g/mol. The minimum Gasteiger partial charge on any atom is -0.334 e. The van der Waals surface area contributed by atoms with Gasteiger partial charge in [0.25, 0.3) is 10.0 Å². The molecule has 0 amide bonds. The number of nitrogens with one attached hydrogen (secondary N) is 1. The van der Waals surface area contributed by atoms with Gasteiger partial charge in [0.05, 0.1) is 0 Å². The summed E-state index contributed by atoms with van der Waals surface area (Å²) in [6.07, 6.45) is 0. The lowest BCUT2D eigenvalue weighted by atomic mass is 10.2. The van der Waals surface area contributed by atoms with Crippen LogP contribution in [0.15, 0.2) is 22.6 Å². The third kappa shape index (κ3) is 2.69. The molecule has 16 heavy (non-hydrogen) atoms. The monoisotopic (exact) mass is 276 g/mol. The largest absolute Gasteiger partial charge is 0.334 e. The maximum absolute atomic E-state index is 11.1. The standard InChI is InChI=1S/C9H9ClN2O2S2/c1-6-4-7(10)2-3-8(6)11-9-12-16(13,14)5-15-9/h2-4H,5H2,1H3,(H,11,12). The highest BCUT2D eigenvalue weighted by Crippen LogP contribution is 2.24. The third-order valence-corrected chi connectivity index (χ3v) is 4.94. The Morgan fingerprint density at radius 2 is 2.25 bits per heavy atom. The molecule has 0 bridgehead atoms. The Kier molecular flexibility index (Phi) is 3.14. The maximum Gasteiger partial charge on any atom is 0.265 e. The second kappa shape index (κ2) is 4.27. The summed E-state index contributed by atoms with van der Waals surface area (Å²) in [4.78, 5) is 0. The first-order valence-electron chi connectivity index (χ1n) is 4.45. The van der Waals surface area contributed by atoms with Gasteiger partial charge in [-0.2, -0.15) is 0 Å². The lowest BCUT2D eigenvalue weighted by Crippen LogP contribution is -2.06. The normalized spacial score (nSPS) is 18.2. The van der Waals surface area contributed by atoms with E-state index in [-0.39, 0.29) is 5.08 Å². The van der Waals surface area contributed by atoms with Crippen molar-refractivity contribution in [3.63, 3.8) is 0 Å². The van der Waals surface area contributed by atoms with Gasteiger partial charge in [-0.1, -0.05) is 23.4 Å². The molecule has 2 rings (SSSR count). The molecule has 0 radical (unpaired) electrons. The molecule has 1 aromatic carbocycles. The number of hydrogen-bond acceptors (Lipinski definition) is 4. The average Bonchev–Trinajstić information content (AvgIpc) is 2.51. The summed E-state index contributed by atoms with van der Waals surface area (Å²) >= 11 is 6.99. The molecule has 7 heteroatoms. The topological polar surface area (TPSA) is 58.5 Å². The van der Waals surface area contributed by atoms with Crippen molar-refractivity contribution >= 4 is 44.2 Å². The van der Waals surface area contributed by atoms with E-state index in [1.54, 1.807) is 18.2 Å². The van der Waals surface area contributed by atoms with Crippen LogP contribution in [0.25, 0.3) is 0 Å². The fourth-order valence-electron chi connectivity index (χ4n) is 1.25. The Balaban J connectivity index is 2.23. The molecule has 1 aliphatic heterocycles. The quantitative estimate of drug-likeness (QED) is 0.856. The molecule has 1 heterocycles. The van der Waals surface area contributed by atoms with E-state index in [4.69, 9.17) is 11.6 Å². The number of thioether (sulfide) groups is 1. The zero-order valence-electron chi connectivity index (χ0n) is 8.40. The number of hydrogen-bond donors (Lipinski definition) is 1. The van der Waals surface area contributed by atoms with E-state index in [9.17, 15) is 8.42 Å². The van der Waals surface area contributed by atoms with Crippen molar-refractivity contribution in [2.24, 2.45) is 4.40 Å². The van der Waals surface area contributed by atoms with E-state index in [1.165, 1.54) is 11.8 Å². The lowest BCUT2D eigenvalue weighted by Gasteiger charge is -2.07. The average molecular weight is 277 g/mol. The van der Waals surface area contributed by atoms with Crippen molar-refractivity contribution in [1.29, 1.82) is 0 Å². The van der Waals surface area contributed by atoms with Gasteiger partial charge < -0.3 is 5.32 Å². The Hall–Kier alpha value is -0.720. The second-order valence-corrected chi connectivity index (χ2v) is 6.73.